The predicted molar refractivity (Wildman–Crippen MR) is 213 cm³/mol. The van der Waals surface area contributed by atoms with Crippen molar-refractivity contribution in [2.24, 2.45) is 5.92 Å². The number of carbonyl (C=O) groups is 5. The lowest BCUT2D eigenvalue weighted by molar-refractivity contribution is -0.133. The number of hydrogen-bond donors (Lipinski definition) is 5. The van der Waals surface area contributed by atoms with Crippen LogP contribution < -0.4 is 26.0 Å². The molecular formula is C41H61N5O9S. The molecule has 56 heavy (non-hydrogen) atoms. The number of cyclic esters (lactones) is 1. The van der Waals surface area contributed by atoms with Gasteiger partial charge in [0.1, 0.15) is 35.6 Å². The van der Waals surface area contributed by atoms with Crippen molar-refractivity contribution in [3.63, 3.8) is 0 Å². The molecule has 1 aromatic heterocycles. The number of aliphatic hydroxyl groups excluding tert-OH is 1. The van der Waals surface area contributed by atoms with Crippen LogP contribution in [0.15, 0.2) is 41.8 Å². The first kappa shape index (κ1) is 44.3. The molecule has 0 bridgehead atoms. The molecule has 1 aliphatic carbocycles. The number of hydrogen-bond acceptors (Lipinski definition) is 10. The third-order valence-electron chi connectivity index (χ3n) is 10.0. The fourth-order valence-electron chi connectivity index (χ4n) is 7.17. The van der Waals surface area contributed by atoms with Gasteiger partial charge in [-0.05, 0) is 83.0 Å². The minimum Gasteiger partial charge on any atom is -0.497 e. The molecule has 1 aromatic carbocycles. The Kier molecular flexibility index (Phi) is 16.0. The summed E-state index contributed by atoms with van der Waals surface area (Å²) in [5, 5.41) is 25.1. The maximum atomic E-state index is 14.3. The summed E-state index contributed by atoms with van der Waals surface area (Å²) in [4.78, 5) is 69.5. The van der Waals surface area contributed by atoms with Gasteiger partial charge in [0.05, 0.1) is 19.7 Å². The number of alkyl carbamates (subject to hydrolysis) is 1. The number of rotatable bonds is 18. The minimum absolute atomic E-state index is 0.0961. The van der Waals surface area contributed by atoms with E-state index in [0.29, 0.717) is 18.7 Å². The van der Waals surface area contributed by atoms with Crippen LogP contribution in [-0.4, -0.2) is 102 Å². The van der Waals surface area contributed by atoms with Crippen molar-refractivity contribution in [3.8, 4) is 5.75 Å². The van der Waals surface area contributed by atoms with E-state index in [1.165, 1.54) is 16.2 Å². The molecule has 5 amide bonds. The average Bonchev–Trinajstić information content (AvgIpc) is 3.78. The van der Waals surface area contributed by atoms with Gasteiger partial charge < -0.3 is 45.5 Å². The molecule has 2 fully saturated rings. The second-order valence-corrected chi connectivity index (χ2v) is 17.5. The van der Waals surface area contributed by atoms with E-state index < -0.39 is 71.4 Å². The van der Waals surface area contributed by atoms with E-state index in [-0.39, 0.29) is 31.7 Å². The number of nitrogens with zero attached hydrogens (tertiary/aromatic N) is 1. The molecule has 2 aromatic rings. The molecule has 0 radical (unpaired) electrons. The smallest absolute Gasteiger partial charge is 0.410 e. The Morgan fingerprint density at radius 2 is 1.61 bits per heavy atom. The highest BCUT2D eigenvalue weighted by Gasteiger charge is 2.41. The lowest BCUT2D eigenvalue weighted by Crippen LogP contribution is -2.59. The molecule has 1 saturated heterocycles. The number of ether oxygens (including phenoxy) is 3. The van der Waals surface area contributed by atoms with E-state index in [0.717, 1.165) is 42.5 Å². The Balaban J connectivity index is 1.56. The normalized spacial score (nSPS) is 18.5. The lowest BCUT2D eigenvalue weighted by Gasteiger charge is -2.33. The van der Waals surface area contributed by atoms with Crippen LogP contribution >= 0.6 is 11.3 Å². The Morgan fingerprint density at radius 1 is 0.946 bits per heavy atom. The van der Waals surface area contributed by atoms with Gasteiger partial charge in [0.25, 0.3) is 0 Å². The van der Waals surface area contributed by atoms with Gasteiger partial charge in [-0.2, -0.15) is 0 Å². The average molecular weight is 800 g/mol. The molecule has 2 heterocycles. The number of thiophene rings is 1. The van der Waals surface area contributed by atoms with Crippen LogP contribution in [0.5, 0.6) is 5.75 Å². The number of benzene rings is 1. The standard InChI is InChI=1S/C41H61N5O9S/c1-8-46-25-33(54-39(46)52)35(48)30(21-26-13-10-9-11-14-26)43-37(50)32(23-29-15-12-20-56-29)44-36(49)31(22-27-16-18-28(53-7)19-17-27)42-34(47)24-41(5,6)45-38(51)55-40(2,3)4/h12,15-20,26,30-33,35,48H,8-11,13-14,21-25H2,1-7H3,(H,42,47)(H,43,50)(H,44,49)(H,45,51)/t30-,31-,32-,33-,35+/m0/s1. The van der Waals surface area contributed by atoms with Crippen molar-refractivity contribution in [3.05, 3.63) is 52.2 Å². The Labute approximate surface area is 334 Å². The quantitative estimate of drug-likeness (QED) is 0.141. The second kappa shape index (κ2) is 20.2. The first-order valence-corrected chi connectivity index (χ1v) is 20.5. The second-order valence-electron chi connectivity index (χ2n) is 16.5. The number of nitrogens with one attached hydrogen (secondary N) is 4. The molecular weight excluding hydrogens is 739 g/mol. The Hall–Kier alpha value is -4.37. The predicted octanol–water partition coefficient (Wildman–Crippen LogP) is 4.86. The van der Waals surface area contributed by atoms with Crippen molar-refractivity contribution < 1.29 is 43.3 Å². The topological polar surface area (TPSA) is 185 Å². The summed E-state index contributed by atoms with van der Waals surface area (Å²) in [6, 6.07) is 7.92. The first-order chi connectivity index (χ1) is 26.4. The molecule has 2 aliphatic rings. The zero-order valence-corrected chi connectivity index (χ0v) is 34.7. The van der Waals surface area contributed by atoms with Gasteiger partial charge in [0, 0.05) is 36.2 Å². The molecule has 0 spiro atoms. The number of carbonyl (C=O) groups excluding carboxylic acids is 5. The van der Waals surface area contributed by atoms with Gasteiger partial charge >= 0.3 is 12.2 Å². The van der Waals surface area contributed by atoms with Gasteiger partial charge in [-0.25, -0.2) is 9.59 Å². The largest absolute Gasteiger partial charge is 0.497 e. The minimum atomic E-state index is -1.17. The van der Waals surface area contributed by atoms with Gasteiger partial charge in [0.2, 0.25) is 17.7 Å². The molecule has 15 heteroatoms. The van der Waals surface area contributed by atoms with Crippen LogP contribution in [-0.2, 0) is 36.7 Å². The van der Waals surface area contributed by atoms with Gasteiger partial charge in [-0.1, -0.05) is 50.3 Å². The highest BCUT2D eigenvalue weighted by Crippen LogP contribution is 2.30. The third kappa shape index (κ3) is 14.0. The van der Waals surface area contributed by atoms with E-state index >= 15 is 0 Å². The summed E-state index contributed by atoms with van der Waals surface area (Å²) in [7, 11) is 1.55. The zero-order valence-electron chi connectivity index (χ0n) is 33.9. The third-order valence-corrected chi connectivity index (χ3v) is 10.9. The van der Waals surface area contributed by atoms with Gasteiger partial charge in [-0.15, -0.1) is 11.3 Å². The molecule has 4 rings (SSSR count). The molecule has 5 N–H and O–H groups in total. The van der Waals surface area contributed by atoms with E-state index in [9.17, 15) is 29.1 Å². The van der Waals surface area contributed by atoms with E-state index in [4.69, 9.17) is 14.2 Å². The number of likely N-dealkylation sites (N-methyl/N-ethyl adjacent to an activating group) is 1. The molecule has 1 aliphatic heterocycles. The van der Waals surface area contributed by atoms with Crippen LogP contribution in [0.2, 0.25) is 0 Å². The summed E-state index contributed by atoms with van der Waals surface area (Å²) >= 11 is 1.44. The number of amides is 5. The van der Waals surface area contributed by atoms with Gasteiger partial charge in [0.15, 0.2) is 0 Å². The lowest BCUT2D eigenvalue weighted by atomic mass is 9.83. The molecule has 1 saturated carbocycles. The molecule has 0 unspecified atom stereocenters. The van der Waals surface area contributed by atoms with E-state index in [2.05, 4.69) is 21.3 Å². The Bertz CT molecular complexity index is 1610. The molecule has 14 nitrogen and oxygen atoms in total. The first-order valence-electron chi connectivity index (χ1n) is 19.7. The van der Waals surface area contributed by atoms with Gasteiger partial charge in [-0.3, -0.25) is 14.4 Å². The maximum absolute atomic E-state index is 14.3. The number of methoxy groups -OCH3 is 1. The maximum Gasteiger partial charge on any atom is 0.410 e. The van der Waals surface area contributed by atoms with E-state index in [1.54, 1.807) is 66.0 Å². The van der Waals surface area contributed by atoms with Crippen LogP contribution in [0.3, 0.4) is 0 Å². The SMILES string of the molecule is CCN1C[C@@H]([C@H](O)[C@H](CC2CCCCC2)NC(=O)[C@H](Cc2cccs2)NC(=O)[C@H](Cc2ccc(OC)cc2)NC(=O)CC(C)(C)NC(=O)OC(C)(C)C)OC1=O. The van der Waals surface area contributed by atoms with Crippen molar-refractivity contribution >= 4 is 41.2 Å². The fourth-order valence-corrected chi connectivity index (χ4v) is 7.92. The van der Waals surface area contributed by atoms with Crippen molar-refractivity contribution in [2.45, 2.75) is 141 Å². The van der Waals surface area contributed by atoms with Crippen LogP contribution in [0.1, 0.15) is 96.9 Å². The highest BCUT2D eigenvalue weighted by molar-refractivity contribution is 7.09. The summed E-state index contributed by atoms with van der Waals surface area (Å²) in [6.45, 7) is 11.1. The summed E-state index contributed by atoms with van der Waals surface area (Å²) < 4.78 is 16.2. The molecule has 5 atom stereocenters. The van der Waals surface area contributed by atoms with Crippen LogP contribution in [0, 0.1) is 5.92 Å². The Morgan fingerprint density at radius 3 is 2.20 bits per heavy atom. The van der Waals surface area contributed by atoms with Crippen LogP contribution in [0.4, 0.5) is 9.59 Å². The molecule has 310 valence electrons. The van der Waals surface area contributed by atoms with E-state index in [1.807, 2.05) is 24.4 Å². The highest BCUT2D eigenvalue weighted by atomic mass is 32.1. The van der Waals surface area contributed by atoms with Crippen LogP contribution in [0.25, 0.3) is 0 Å². The summed E-state index contributed by atoms with van der Waals surface area (Å²) in [5.74, 6) is -0.688. The summed E-state index contributed by atoms with van der Waals surface area (Å²) in [6.07, 6.45) is 2.64. The monoisotopic (exact) mass is 799 g/mol. The number of aliphatic hydroxyl groups is 1. The summed E-state index contributed by atoms with van der Waals surface area (Å²) in [5.41, 5.74) is -1.02. The zero-order chi connectivity index (χ0) is 41.0. The van der Waals surface area contributed by atoms with Crippen molar-refractivity contribution in [1.82, 2.24) is 26.2 Å². The fraction of sp³-hybridized carbons (Fsp3) is 0.634. The van der Waals surface area contributed by atoms with Crippen molar-refractivity contribution in [2.75, 3.05) is 20.2 Å². The van der Waals surface area contributed by atoms with Crippen molar-refractivity contribution in [1.29, 1.82) is 0 Å².